The summed E-state index contributed by atoms with van der Waals surface area (Å²) < 4.78 is 5.19. The van der Waals surface area contributed by atoms with Gasteiger partial charge >= 0.3 is 6.09 Å². The molecule has 0 bridgehead atoms. The Morgan fingerprint density at radius 3 is 2.45 bits per heavy atom. The Balaban J connectivity index is 2.31. The first-order valence-corrected chi connectivity index (χ1v) is 7.10. The average Bonchev–Trinajstić information content (AvgIpc) is 2.41. The highest BCUT2D eigenvalue weighted by molar-refractivity contribution is 5.67. The summed E-state index contributed by atoms with van der Waals surface area (Å²) in [5.41, 5.74) is 0.994. The zero-order valence-corrected chi connectivity index (χ0v) is 12.9. The summed E-state index contributed by atoms with van der Waals surface area (Å²) in [6.07, 6.45) is 0.691. The predicted molar refractivity (Wildman–Crippen MR) is 81.6 cm³/mol. The summed E-state index contributed by atoms with van der Waals surface area (Å²) in [7, 11) is 4.06. The van der Waals surface area contributed by atoms with Crippen LogP contribution in [0.5, 0.6) is 0 Å². The molecule has 112 valence electrons. The lowest BCUT2D eigenvalue weighted by Crippen LogP contribution is -2.41. The third kappa shape index (κ3) is 6.57. The number of hydrogen-bond donors (Lipinski definition) is 1. The summed E-state index contributed by atoms with van der Waals surface area (Å²) in [4.78, 5) is 13.8. The number of nitrogens with one attached hydrogen (secondary N) is 1. The minimum absolute atomic E-state index is 0.309. The molecule has 1 unspecified atom stereocenters. The maximum absolute atomic E-state index is 11.7. The maximum Gasteiger partial charge on any atom is 0.407 e. The molecule has 4 heteroatoms. The van der Waals surface area contributed by atoms with E-state index in [1.54, 1.807) is 0 Å². The van der Waals surface area contributed by atoms with Crippen LogP contribution in [0, 0.1) is 5.92 Å². The smallest absolute Gasteiger partial charge is 0.407 e. The Morgan fingerprint density at radius 1 is 1.25 bits per heavy atom. The van der Waals surface area contributed by atoms with Crippen LogP contribution in [-0.4, -0.2) is 37.7 Å². The highest BCUT2D eigenvalue weighted by Gasteiger charge is 2.14. The van der Waals surface area contributed by atoms with Crippen molar-refractivity contribution in [2.24, 2.45) is 5.92 Å². The Bertz CT molecular complexity index is 391. The predicted octanol–water partition coefficient (Wildman–Crippen LogP) is 2.89. The molecular weight excluding hydrogens is 252 g/mol. The number of nitrogens with zero attached hydrogens (tertiary/aromatic N) is 1. The van der Waals surface area contributed by atoms with Crippen molar-refractivity contribution in [3.63, 3.8) is 0 Å². The van der Waals surface area contributed by atoms with Gasteiger partial charge in [0, 0.05) is 12.6 Å². The largest absolute Gasteiger partial charge is 0.445 e. The minimum atomic E-state index is -0.357. The number of amides is 1. The van der Waals surface area contributed by atoms with Crippen molar-refractivity contribution in [3.05, 3.63) is 35.9 Å². The van der Waals surface area contributed by atoms with Crippen molar-refractivity contribution in [1.82, 2.24) is 10.2 Å². The van der Waals surface area contributed by atoms with E-state index in [1.165, 1.54) is 0 Å². The van der Waals surface area contributed by atoms with E-state index in [2.05, 4.69) is 24.1 Å². The fraction of sp³-hybridized carbons (Fsp3) is 0.562. The molecule has 1 aromatic rings. The SMILES string of the molecule is CC(C)CC(CNC(=O)OCc1ccccc1)N(C)C. The van der Waals surface area contributed by atoms with Gasteiger partial charge < -0.3 is 15.0 Å². The molecule has 1 atom stereocenters. The van der Waals surface area contributed by atoms with E-state index in [4.69, 9.17) is 4.74 Å². The quantitative estimate of drug-likeness (QED) is 0.834. The van der Waals surface area contributed by atoms with Crippen LogP contribution in [0.25, 0.3) is 0 Å². The van der Waals surface area contributed by atoms with Gasteiger partial charge in [0.05, 0.1) is 0 Å². The molecule has 0 aliphatic carbocycles. The monoisotopic (exact) mass is 278 g/mol. The first-order chi connectivity index (χ1) is 9.49. The Kier molecular flexibility index (Phi) is 7.09. The van der Waals surface area contributed by atoms with Gasteiger partial charge in [0.25, 0.3) is 0 Å². The summed E-state index contributed by atoms with van der Waals surface area (Å²) in [6.45, 7) is 5.29. The van der Waals surface area contributed by atoms with Gasteiger partial charge in [-0.2, -0.15) is 0 Å². The Morgan fingerprint density at radius 2 is 1.90 bits per heavy atom. The van der Waals surface area contributed by atoms with Crippen LogP contribution in [0.3, 0.4) is 0 Å². The van der Waals surface area contributed by atoms with Crippen LogP contribution >= 0.6 is 0 Å². The van der Waals surface area contributed by atoms with Crippen LogP contribution < -0.4 is 5.32 Å². The number of alkyl carbamates (subject to hydrolysis) is 1. The maximum atomic E-state index is 11.7. The van der Waals surface area contributed by atoms with Gasteiger partial charge in [-0.3, -0.25) is 0 Å². The van der Waals surface area contributed by atoms with E-state index in [0.29, 0.717) is 25.1 Å². The Labute approximate surface area is 122 Å². The van der Waals surface area contributed by atoms with E-state index in [9.17, 15) is 4.79 Å². The second kappa shape index (κ2) is 8.59. The van der Waals surface area contributed by atoms with Gasteiger partial charge in [-0.25, -0.2) is 4.79 Å². The van der Waals surface area contributed by atoms with Crippen molar-refractivity contribution in [2.75, 3.05) is 20.6 Å². The van der Waals surface area contributed by atoms with Gasteiger partial charge in [0.2, 0.25) is 0 Å². The van der Waals surface area contributed by atoms with E-state index in [0.717, 1.165) is 12.0 Å². The molecule has 0 aliphatic rings. The molecule has 1 amide bonds. The Hall–Kier alpha value is -1.55. The number of carbonyl (C=O) groups is 1. The van der Waals surface area contributed by atoms with Gasteiger partial charge in [-0.05, 0) is 32.0 Å². The lowest BCUT2D eigenvalue weighted by atomic mass is 10.0. The minimum Gasteiger partial charge on any atom is -0.445 e. The zero-order chi connectivity index (χ0) is 15.0. The highest BCUT2D eigenvalue weighted by atomic mass is 16.5. The average molecular weight is 278 g/mol. The first kappa shape index (κ1) is 16.5. The molecule has 0 aromatic heterocycles. The molecule has 1 N–H and O–H groups in total. The molecule has 0 aliphatic heterocycles. The van der Waals surface area contributed by atoms with Crippen molar-refractivity contribution in [1.29, 1.82) is 0 Å². The first-order valence-electron chi connectivity index (χ1n) is 7.10. The van der Waals surface area contributed by atoms with Gasteiger partial charge in [0.15, 0.2) is 0 Å². The van der Waals surface area contributed by atoms with Gasteiger partial charge in [-0.15, -0.1) is 0 Å². The molecule has 0 spiro atoms. The number of ether oxygens (including phenoxy) is 1. The molecule has 0 fully saturated rings. The lowest BCUT2D eigenvalue weighted by Gasteiger charge is -2.26. The molecule has 0 heterocycles. The van der Waals surface area contributed by atoms with E-state index >= 15 is 0 Å². The fourth-order valence-corrected chi connectivity index (χ4v) is 2.00. The molecule has 20 heavy (non-hydrogen) atoms. The summed E-state index contributed by atoms with van der Waals surface area (Å²) in [6, 6.07) is 10.0. The molecule has 1 rings (SSSR count). The topological polar surface area (TPSA) is 41.6 Å². The van der Waals surface area contributed by atoms with Crippen molar-refractivity contribution < 1.29 is 9.53 Å². The summed E-state index contributed by atoms with van der Waals surface area (Å²) >= 11 is 0. The van der Waals surface area contributed by atoms with Crippen molar-refractivity contribution in [2.45, 2.75) is 32.9 Å². The highest BCUT2D eigenvalue weighted by Crippen LogP contribution is 2.08. The van der Waals surface area contributed by atoms with Crippen molar-refractivity contribution >= 4 is 6.09 Å². The van der Waals surface area contributed by atoms with Crippen LogP contribution in [0.4, 0.5) is 4.79 Å². The van der Waals surface area contributed by atoms with E-state index in [-0.39, 0.29) is 6.09 Å². The standard InChI is InChI=1S/C16H26N2O2/c1-13(2)10-15(18(3)4)11-17-16(19)20-12-14-8-6-5-7-9-14/h5-9,13,15H,10-12H2,1-4H3,(H,17,19). The number of rotatable bonds is 7. The summed E-state index contributed by atoms with van der Waals surface area (Å²) in [5, 5.41) is 2.84. The molecule has 0 radical (unpaired) electrons. The van der Waals surface area contributed by atoms with Crippen LogP contribution in [0.15, 0.2) is 30.3 Å². The second-order valence-electron chi connectivity index (χ2n) is 5.69. The van der Waals surface area contributed by atoms with Crippen LogP contribution in [-0.2, 0) is 11.3 Å². The lowest BCUT2D eigenvalue weighted by molar-refractivity contribution is 0.135. The van der Waals surface area contributed by atoms with Gasteiger partial charge in [-0.1, -0.05) is 44.2 Å². The van der Waals surface area contributed by atoms with E-state index in [1.807, 2.05) is 44.4 Å². The number of likely N-dealkylation sites (N-methyl/N-ethyl adjacent to an activating group) is 1. The molecule has 0 saturated heterocycles. The van der Waals surface area contributed by atoms with Crippen molar-refractivity contribution in [3.8, 4) is 0 Å². The molecule has 1 aromatic carbocycles. The molecule has 4 nitrogen and oxygen atoms in total. The number of carbonyl (C=O) groups excluding carboxylic acids is 1. The number of benzene rings is 1. The second-order valence-corrected chi connectivity index (χ2v) is 5.69. The summed E-state index contributed by atoms with van der Waals surface area (Å²) in [5.74, 6) is 0.601. The van der Waals surface area contributed by atoms with Crippen LogP contribution in [0.2, 0.25) is 0 Å². The van der Waals surface area contributed by atoms with Gasteiger partial charge in [0.1, 0.15) is 6.61 Å². The third-order valence-electron chi connectivity index (χ3n) is 3.17. The van der Waals surface area contributed by atoms with Crippen LogP contribution in [0.1, 0.15) is 25.8 Å². The number of hydrogen-bond acceptors (Lipinski definition) is 3. The zero-order valence-electron chi connectivity index (χ0n) is 12.9. The third-order valence-corrected chi connectivity index (χ3v) is 3.17. The molecular formula is C16H26N2O2. The fourth-order valence-electron chi connectivity index (χ4n) is 2.00. The normalized spacial score (nSPS) is 12.5. The molecule has 0 saturated carbocycles. The van der Waals surface area contributed by atoms with E-state index < -0.39 is 0 Å².